The Morgan fingerprint density at radius 1 is 1.22 bits per heavy atom. The van der Waals surface area contributed by atoms with E-state index in [-0.39, 0.29) is 12.1 Å². The molecule has 0 saturated heterocycles. The molecule has 1 rings (SSSR count). The number of benzene rings is 1. The predicted octanol–water partition coefficient (Wildman–Crippen LogP) is 2.65. The molecule has 1 N–H and O–H groups in total. The number of hydrogen-bond donors (Lipinski definition) is 1. The van der Waals surface area contributed by atoms with Crippen LogP contribution in [-0.2, 0) is 9.53 Å². The predicted molar refractivity (Wildman–Crippen MR) is 71.9 cm³/mol. The molecule has 2 atom stereocenters. The van der Waals surface area contributed by atoms with Crippen LogP contribution < -0.4 is 0 Å². The number of rotatable bonds is 5. The highest BCUT2D eigenvalue weighted by atomic mass is 16.5. The van der Waals surface area contributed by atoms with E-state index < -0.39 is 12.0 Å². The molecule has 0 aromatic heterocycles. The van der Waals surface area contributed by atoms with Crippen LogP contribution in [-0.4, -0.2) is 23.3 Å². The summed E-state index contributed by atoms with van der Waals surface area (Å²) in [5.74, 6) is -0.942. The van der Waals surface area contributed by atoms with E-state index in [2.05, 4.69) is 0 Å². The molecule has 0 aliphatic heterocycles. The monoisotopic (exact) mass is 248 g/mol. The molecule has 0 aliphatic carbocycles. The average molecular weight is 248 g/mol. The maximum absolute atomic E-state index is 11.6. The van der Waals surface area contributed by atoms with Crippen molar-refractivity contribution in [1.82, 2.24) is 0 Å². The minimum absolute atomic E-state index is 0.162. The van der Waals surface area contributed by atoms with Crippen molar-refractivity contribution in [2.45, 2.75) is 33.0 Å². The van der Waals surface area contributed by atoms with Crippen LogP contribution in [0.5, 0.6) is 0 Å². The van der Waals surface area contributed by atoms with Gasteiger partial charge in [0.1, 0.15) is 0 Å². The van der Waals surface area contributed by atoms with Gasteiger partial charge in [0.25, 0.3) is 0 Å². The molecular formula is C15H20O3. The highest BCUT2D eigenvalue weighted by Gasteiger charge is 2.22. The Balaban J connectivity index is 2.57. The van der Waals surface area contributed by atoms with Crippen LogP contribution >= 0.6 is 0 Å². The van der Waals surface area contributed by atoms with E-state index in [1.165, 1.54) is 0 Å². The molecule has 0 amide bonds. The fourth-order valence-electron chi connectivity index (χ4n) is 1.42. The lowest BCUT2D eigenvalue weighted by molar-refractivity contribution is -0.154. The van der Waals surface area contributed by atoms with Gasteiger partial charge >= 0.3 is 5.97 Å². The van der Waals surface area contributed by atoms with Crippen molar-refractivity contribution in [2.24, 2.45) is 5.92 Å². The number of carbonyl (C=O) groups excluding carboxylic acids is 1. The summed E-state index contributed by atoms with van der Waals surface area (Å²) in [7, 11) is 0. The van der Waals surface area contributed by atoms with Gasteiger partial charge < -0.3 is 9.84 Å². The summed E-state index contributed by atoms with van der Waals surface area (Å²) in [6, 6.07) is 9.63. The Kier molecular flexibility index (Phi) is 5.59. The molecule has 0 bridgehead atoms. The quantitative estimate of drug-likeness (QED) is 0.815. The topological polar surface area (TPSA) is 46.5 Å². The third-order valence-corrected chi connectivity index (χ3v) is 2.52. The molecule has 1 aromatic carbocycles. The van der Waals surface area contributed by atoms with E-state index in [9.17, 15) is 9.90 Å². The van der Waals surface area contributed by atoms with Gasteiger partial charge in [-0.25, -0.2) is 0 Å². The van der Waals surface area contributed by atoms with Crippen molar-refractivity contribution in [2.75, 3.05) is 0 Å². The lowest BCUT2D eigenvalue weighted by atomic mass is 10.0. The maximum atomic E-state index is 11.6. The second-order valence-corrected chi connectivity index (χ2v) is 4.53. The Hall–Kier alpha value is -1.61. The Bertz CT molecular complexity index is 395. The number of ether oxygens (including phenoxy) is 1. The van der Waals surface area contributed by atoms with Crippen molar-refractivity contribution < 1.29 is 14.6 Å². The van der Waals surface area contributed by atoms with Crippen LogP contribution in [0.1, 0.15) is 26.3 Å². The fourth-order valence-corrected chi connectivity index (χ4v) is 1.42. The van der Waals surface area contributed by atoms with Gasteiger partial charge in [0, 0.05) is 0 Å². The average Bonchev–Trinajstić information content (AvgIpc) is 2.35. The summed E-state index contributed by atoms with van der Waals surface area (Å²) in [6.07, 6.45) is 2.41. The first kappa shape index (κ1) is 14.5. The van der Waals surface area contributed by atoms with E-state index in [4.69, 9.17) is 4.74 Å². The first-order valence-electron chi connectivity index (χ1n) is 6.12. The van der Waals surface area contributed by atoms with Crippen LogP contribution in [0, 0.1) is 5.92 Å². The number of esters is 1. The molecule has 0 spiro atoms. The highest BCUT2D eigenvalue weighted by molar-refractivity contribution is 5.73. The molecule has 0 radical (unpaired) electrons. The summed E-state index contributed by atoms with van der Waals surface area (Å²) in [5.41, 5.74) is 0.987. The molecule has 3 nitrogen and oxygen atoms in total. The Labute approximate surface area is 108 Å². The largest absolute Gasteiger partial charge is 0.463 e. The van der Waals surface area contributed by atoms with Gasteiger partial charge in [-0.15, -0.1) is 0 Å². The van der Waals surface area contributed by atoms with E-state index in [0.717, 1.165) is 5.56 Å². The molecule has 18 heavy (non-hydrogen) atoms. The van der Waals surface area contributed by atoms with E-state index in [1.54, 1.807) is 32.9 Å². The van der Waals surface area contributed by atoms with Crippen molar-refractivity contribution in [3.8, 4) is 0 Å². The van der Waals surface area contributed by atoms with Gasteiger partial charge in [0.05, 0.1) is 18.1 Å². The number of aliphatic hydroxyl groups is 1. The van der Waals surface area contributed by atoms with Crippen molar-refractivity contribution >= 4 is 12.0 Å². The summed E-state index contributed by atoms with van der Waals surface area (Å²) in [4.78, 5) is 11.6. The zero-order valence-corrected chi connectivity index (χ0v) is 11.0. The van der Waals surface area contributed by atoms with E-state index in [1.807, 2.05) is 30.3 Å². The summed E-state index contributed by atoms with van der Waals surface area (Å²) in [6.45, 7) is 5.23. The second kappa shape index (κ2) is 6.97. The van der Waals surface area contributed by atoms with Crippen LogP contribution in [0.15, 0.2) is 36.4 Å². The zero-order chi connectivity index (χ0) is 13.5. The fraction of sp³-hybridized carbons (Fsp3) is 0.400. The molecule has 0 fully saturated rings. The number of carbonyl (C=O) groups is 1. The van der Waals surface area contributed by atoms with Gasteiger partial charge in [-0.1, -0.05) is 42.5 Å². The van der Waals surface area contributed by atoms with Crippen LogP contribution in [0.2, 0.25) is 0 Å². The third-order valence-electron chi connectivity index (χ3n) is 2.52. The SMILES string of the molecule is CC(C)OC(=O)C(C)C(O)/C=C/c1ccccc1. The standard InChI is InChI=1S/C15H20O3/c1-11(2)18-15(17)12(3)14(16)10-9-13-7-5-4-6-8-13/h4-12,14,16H,1-3H3/b10-9+. The Morgan fingerprint density at radius 3 is 2.39 bits per heavy atom. The normalized spacial score (nSPS) is 14.7. The second-order valence-electron chi connectivity index (χ2n) is 4.53. The first-order chi connectivity index (χ1) is 8.50. The van der Waals surface area contributed by atoms with Gasteiger partial charge in [-0.2, -0.15) is 0 Å². The van der Waals surface area contributed by atoms with Crippen molar-refractivity contribution in [3.63, 3.8) is 0 Å². The van der Waals surface area contributed by atoms with Gasteiger partial charge in [-0.05, 0) is 26.3 Å². The van der Waals surface area contributed by atoms with Crippen molar-refractivity contribution in [1.29, 1.82) is 0 Å². The van der Waals surface area contributed by atoms with Gasteiger partial charge in [0.15, 0.2) is 0 Å². The lowest BCUT2D eigenvalue weighted by Gasteiger charge is -2.16. The Morgan fingerprint density at radius 2 is 1.83 bits per heavy atom. The van der Waals surface area contributed by atoms with Gasteiger partial charge in [-0.3, -0.25) is 4.79 Å². The van der Waals surface area contributed by atoms with Crippen LogP contribution in [0.3, 0.4) is 0 Å². The molecule has 0 aliphatic rings. The molecule has 3 heteroatoms. The summed E-state index contributed by atoms with van der Waals surface area (Å²) < 4.78 is 5.05. The van der Waals surface area contributed by atoms with Crippen LogP contribution in [0.4, 0.5) is 0 Å². The van der Waals surface area contributed by atoms with E-state index >= 15 is 0 Å². The lowest BCUT2D eigenvalue weighted by Crippen LogP contribution is -2.27. The van der Waals surface area contributed by atoms with E-state index in [0.29, 0.717) is 0 Å². The van der Waals surface area contributed by atoms with Crippen LogP contribution in [0.25, 0.3) is 6.08 Å². The molecule has 1 aromatic rings. The third kappa shape index (κ3) is 4.72. The first-order valence-corrected chi connectivity index (χ1v) is 6.12. The molecule has 98 valence electrons. The molecule has 0 saturated carbocycles. The smallest absolute Gasteiger partial charge is 0.311 e. The minimum Gasteiger partial charge on any atom is -0.463 e. The summed E-state index contributed by atoms with van der Waals surface area (Å²) in [5, 5.41) is 9.87. The minimum atomic E-state index is -0.837. The van der Waals surface area contributed by atoms with Crippen molar-refractivity contribution in [3.05, 3.63) is 42.0 Å². The number of hydrogen-bond acceptors (Lipinski definition) is 3. The number of aliphatic hydroxyl groups excluding tert-OH is 1. The molecular weight excluding hydrogens is 228 g/mol. The highest BCUT2D eigenvalue weighted by Crippen LogP contribution is 2.11. The molecule has 2 unspecified atom stereocenters. The molecule has 0 heterocycles. The summed E-state index contributed by atoms with van der Waals surface area (Å²) >= 11 is 0. The maximum Gasteiger partial charge on any atom is 0.311 e. The van der Waals surface area contributed by atoms with Gasteiger partial charge in [0.2, 0.25) is 0 Å². The zero-order valence-electron chi connectivity index (χ0n) is 11.0.